The highest BCUT2D eigenvalue weighted by molar-refractivity contribution is 7.15. The van der Waals surface area contributed by atoms with Crippen molar-refractivity contribution in [3.05, 3.63) is 79.6 Å². The van der Waals surface area contributed by atoms with E-state index < -0.39 is 0 Å². The van der Waals surface area contributed by atoms with Gasteiger partial charge in [0.15, 0.2) is 5.82 Å². The topological polar surface area (TPSA) is 56.5 Å². The van der Waals surface area contributed by atoms with E-state index in [1.165, 1.54) is 15.9 Å². The lowest BCUT2D eigenvalue weighted by Gasteiger charge is -2.22. The molecule has 28 heavy (non-hydrogen) atoms. The van der Waals surface area contributed by atoms with Crippen LogP contribution in [0.5, 0.6) is 5.75 Å². The minimum absolute atomic E-state index is 0.143. The molecule has 138 valence electrons. The Labute approximate surface area is 169 Å². The van der Waals surface area contributed by atoms with Crippen molar-refractivity contribution >= 4 is 40.1 Å². The Morgan fingerprint density at radius 2 is 1.96 bits per heavy atom. The van der Waals surface area contributed by atoms with Gasteiger partial charge < -0.3 is 4.74 Å². The van der Waals surface area contributed by atoms with Crippen LogP contribution in [0.3, 0.4) is 0 Å². The summed E-state index contributed by atoms with van der Waals surface area (Å²) in [6.45, 7) is 1.97. The van der Waals surface area contributed by atoms with E-state index >= 15 is 0 Å². The molecule has 1 atom stereocenters. The largest absolute Gasteiger partial charge is 0.485 e. The van der Waals surface area contributed by atoms with Crippen LogP contribution in [0.25, 0.3) is 28.5 Å². The van der Waals surface area contributed by atoms with Crippen LogP contribution in [-0.4, -0.2) is 20.7 Å². The molecule has 0 radical (unpaired) electrons. The van der Waals surface area contributed by atoms with Gasteiger partial charge in [-0.05, 0) is 42.8 Å². The minimum atomic E-state index is -0.197. The van der Waals surface area contributed by atoms with Crippen LogP contribution in [0.4, 0.5) is 0 Å². The minimum Gasteiger partial charge on any atom is -0.485 e. The van der Waals surface area contributed by atoms with Crippen LogP contribution in [-0.2, 0) is 0 Å². The predicted molar refractivity (Wildman–Crippen MR) is 112 cm³/mol. The zero-order valence-corrected chi connectivity index (χ0v) is 16.4. The maximum atomic E-state index is 12.8. The number of ether oxygens (including phenoxy) is 1. The number of aromatic nitrogens is 3. The third kappa shape index (κ3) is 2.82. The summed E-state index contributed by atoms with van der Waals surface area (Å²) in [5.41, 5.74) is 2.45. The van der Waals surface area contributed by atoms with Gasteiger partial charge in [-0.25, -0.2) is 0 Å². The van der Waals surface area contributed by atoms with Crippen LogP contribution < -0.4 is 14.8 Å². The fourth-order valence-electron chi connectivity index (χ4n) is 3.16. The number of nitrogens with zero attached hydrogens (tertiary/aromatic N) is 3. The second-order valence-corrected chi connectivity index (χ2v) is 7.88. The van der Waals surface area contributed by atoms with Gasteiger partial charge in [0.25, 0.3) is 5.56 Å². The third-order valence-electron chi connectivity index (χ3n) is 4.61. The van der Waals surface area contributed by atoms with Gasteiger partial charge in [0.2, 0.25) is 4.96 Å². The zero-order valence-electron chi connectivity index (χ0n) is 14.8. The molecule has 4 aromatic rings. The summed E-state index contributed by atoms with van der Waals surface area (Å²) in [4.78, 5) is 17.8. The number of hydrogen-bond donors (Lipinski definition) is 0. The molecule has 0 saturated carbocycles. The third-order valence-corrected chi connectivity index (χ3v) is 5.90. The van der Waals surface area contributed by atoms with Crippen molar-refractivity contribution < 1.29 is 4.74 Å². The van der Waals surface area contributed by atoms with E-state index in [1.54, 1.807) is 6.07 Å². The summed E-state index contributed by atoms with van der Waals surface area (Å²) in [5, 5.41) is 4.91. The predicted octanol–water partition coefficient (Wildman–Crippen LogP) is 3.84. The van der Waals surface area contributed by atoms with Crippen LogP contribution >= 0.6 is 22.9 Å². The molecule has 7 heteroatoms. The number of para-hydroxylation sites is 1. The first-order chi connectivity index (χ1) is 13.6. The zero-order chi connectivity index (χ0) is 19.3. The second-order valence-electron chi connectivity index (χ2n) is 6.47. The normalized spacial score (nSPS) is 16.7. The van der Waals surface area contributed by atoms with E-state index in [-0.39, 0.29) is 11.7 Å². The van der Waals surface area contributed by atoms with E-state index in [9.17, 15) is 4.79 Å². The van der Waals surface area contributed by atoms with E-state index in [1.807, 2.05) is 61.5 Å². The van der Waals surface area contributed by atoms with Gasteiger partial charge in [0.1, 0.15) is 11.9 Å². The number of halogens is 1. The van der Waals surface area contributed by atoms with E-state index in [2.05, 4.69) is 10.1 Å². The Hall–Kier alpha value is -2.96. The number of fused-ring (bicyclic) bond motifs is 2. The number of thiazole rings is 1. The van der Waals surface area contributed by atoms with E-state index in [0.717, 1.165) is 16.9 Å². The Bertz CT molecular complexity index is 1360. The molecule has 0 N–H and O–H groups in total. The monoisotopic (exact) mass is 407 g/mol. The first-order valence-corrected chi connectivity index (χ1v) is 9.93. The van der Waals surface area contributed by atoms with E-state index in [0.29, 0.717) is 25.9 Å². The molecule has 0 spiro atoms. The van der Waals surface area contributed by atoms with Crippen molar-refractivity contribution in [2.45, 2.75) is 13.0 Å². The van der Waals surface area contributed by atoms with Gasteiger partial charge in [0.05, 0.1) is 9.55 Å². The second kappa shape index (κ2) is 6.58. The summed E-state index contributed by atoms with van der Waals surface area (Å²) in [6.07, 6.45) is 3.77. The molecule has 0 aliphatic carbocycles. The lowest BCUT2D eigenvalue weighted by atomic mass is 10.0. The van der Waals surface area contributed by atoms with Crippen LogP contribution in [0.2, 0.25) is 5.02 Å². The quantitative estimate of drug-likeness (QED) is 0.506. The molecule has 2 aromatic heterocycles. The van der Waals surface area contributed by atoms with E-state index in [4.69, 9.17) is 16.3 Å². The molecule has 5 nitrogen and oxygen atoms in total. The molecule has 2 aromatic carbocycles. The molecule has 3 heterocycles. The lowest BCUT2D eigenvalue weighted by molar-refractivity contribution is 0.259. The maximum absolute atomic E-state index is 12.8. The molecule has 0 unspecified atom stereocenters. The fourth-order valence-corrected chi connectivity index (χ4v) is 4.29. The molecule has 5 rings (SSSR count). The van der Waals surface area contributed by atoms with Crippen molar-refractivity contribution in [2.75, 3.05) is 0 Å². The molecule has 1 aliphatic heterocycles. The Balaban J connectivity index is 1.60. The highest BCUT2D eigenvalue weighted by atomic mass is 35.5. The SMILES string of the molecule is C[C@@H]1Oc2ccccc2C=C1/C=c1/sc2nc(-c3ccccc3Cl)nn2c1=O. The summed E-state index contributed by atoms with van der Waals surface area (Å²) < 4.78 is 7.85. The summed E-state index contributed by atoms with van der Waals surface area (Å²) in [5.74, 6) is 1.30. The van der Waals surface area contributed by atoms with Crippen molar-refractivity contribution in [3.8, 4) is 17.1 Å². The van der Waals surface area contributed by atoms with Crippen molar-refractivity contribution in [1.82, 2.24) is 14.6 Å². The van der Waals surface area contributed by atoms with Gasteiger partial charge >= 0.3 is 0 Å². The molecule has 0 saturated heterocycles. The van der Waals surface area contributed by atoms with Crippen LogP contribution in [0, 0.1) is 0 Å². The van der Waals surface area contributed by atoms with Gasteiger partial charge in [0, 0.05) is 11.1 Å². The molecular weight excluding hydrogens is 394 g/mol. The average Bonchev–Trinajstić information content (AvgIpc) is 3.22. The average molecular weight is 408 g/mol. The molecule has 1 aliphatic rings. The molecule has 0 fully saturated rings. The summed E-state index contributed by atoms with van der Waals surface area (Å²) >= 11 is 7.52. The Morgan fingerprint density at radius 1 is 1.18 bits per heavy atom. The standard InChI is InChI=1S/C21H14ClN3O2S/c1-12-14(10-13-6-2-5-9-17(13)27-12)11-18-20(26)25-21(28-18)23-19(24-25)15-7-3-4-8-16(15)22/h2-12H,1H3/b18-11+/t12-/m0/s1. The van der Waals surface area contributed by atoms with Crippen molar-refractivity contribution in [3.63, 3.8) is 0 Å². The van der Waals surface area contributed by atoms with Crippen LogP contribution in [0.1, 0.15) is 12.5 Å². The van der Waals surface area contributed by atoms with Crippen LogP contribution in [0.15, 0.2) is 58.9 Å². The smallest absolute Gasteiger partial charge is 0.291 e. The Kier molecular flexibility index (Phi) is 4.03. The summed E-state index contributed by atoms with van der Waals surface area (Å²) in [6, 6.07) is 15.2. The summed E-state index contributed by atoms with van der Waals surface area (Å²) in [7, 11) is 0. The number of hydrogen-bond acceptors (Lipinski definition) is 5. The first kappa shape index (κ1) is 17.2. The molecular formula is C21H14ClN3O2S. The van der Waals surface area contributed by atoms with Gasteiger partial charge in [-0.2, -0.15) is 9.50 Å². The maximum Gasteiger partial charge on any atom is 0.291 e. The molecule has 0 bridgehead atoms. The number of benzene rings is 2. The van der Waals surface area contributed by atoms with Crippen molar-refractivity contribution in [1.29, 1.82) is 0 Å². The lowest BCUT2D eigenvalue weighted by Crippen LogP contribution is -2.26. The highest BCUT2D eigenvalue weighted by Gasteiger charge is 2.18. The Morgan fingerprint density at radius 3 is 2.79 bits per heavy atom. The number of rotatable bonds is 2. The highest BCUT2D eigenvalue weighted by Crippen LogP contribution is 2.30. The van der Waals surface area contributed by atoms with Gasteiger partial charge in [-0.3, -0.25) is 4.79 Å². The van der Waals surface area contributed by atoms with Gasteiger partial charge in [-0.15, -0.1) is 5.10 Å². The fraction of sp³-hybridized carbons (Fsp3) is 0.0952. The van der Waals surface area contributed by atoms with Gasteiger partial charge in [-0.1, -0.05) is 53.3 Å². The first-order valence-electron chi connectivity index (χ1n) is 8.73. The molecule has 0 amide bonds. The van der Waals surface area contributed by atoms with Crippen molar-refractivity contribution in [2.24, 2.45) is 0 Å².